The monoisotopic (exact) mass is 415 g/mol. The van der Waals surface area contributed by atoms with Crippen LogP contribution in [0, 0.1) is 13.8 Å². The Bertz CT molecular complexity index is 1000. The lowest BCUT2D eigenvalue weighted by Gasteiger charge is -2.36. The van der Waals surface area contributed by atoms with Gasteiger partial charge in [0.25, 0.3) is 15.9 Å². The highest BCUT2D eigenvalue weighted by Crippen LogP contribution is 2.23. The normalized spacial score (nSPS) is 17.4. The number of hydrogen-bond donors (Lipinski definition) is 1. The van der Waals surface area contributed by atoms with Crippen molar-refractivity contribution < 1.29 is 13.2 Å². The standard InChI is InChI=1S/C22H29N3O3S/c1-16-10-11-17(2)21(13-16)29(27,28)23-19-8-5-7-18(14-19)22(26)25-12-6-9-20(15-25)24(3)4/h5,7-8,10-11,13-14,20,23H,6,9,12,15H2,1-4H3. The van der Waals surface area contributed by atoms with Crippen LogP contribution >= 0.6 is 0 Å². The van der Waals surface area contributed by atoms with Crippen LogP contribution in [0.2, 0.25) is 0 Å². The smallest absolute Gasteiger partial charge is 0.262 e. The molecule has 0 aromatic heterocycles. The summed E-state index contributed by atoms with van der Waals surface area (Å²) >= 11 is 0. The molecule has 1 heterocycles. The van der Waals surface area contributed by atoms with Gasteiger partial charge in [-0.1, -0.05) is 18.2 Å². The number of piperidine rings is 1. The fraction of sp³-hybridized carbons (Fsp3) is 0.409. The third-order valence-electron chi connectivity index (χ3n) is 5.41. The zero-order valence-electron chi connectivity index (χ0n) is 17.5. The van der Waals surface area contributed by atoms with Crippen molar-refractivity contribution in [1.29, 1.82) is 0 Å². The number of sulfonamides is 1. The number of aryl methyl sites for hydroxylation is 2. The first-order valence-corrected chi connectivity index (χ1v) is 11.3. The summed E-state index contributed by atoms with van der Waals surface area (Å²) in [6.45, 7) is 5.04. The Kier molecular flexibility index (Phi) is 6.29. The highest BCUT2D eigenvalue weighted by molar-refractivity contribution is 7.92. The SMILES string of the molecule is Cc1ccc(C)c(S(=O)(=O)Nc2cccc(C(=O)N3CCCC(N(C)C)C3)c2)c1. The Balaban J connectivity index is 1.80. The van der Waals surface area contributed by atoms with Crippen LogP contribution in [0.1, 0.15) is 34.3 Å². The number of carbonyl (C=O) groups excluding carboxylic acids is 1. The summed E-state index contributed by atoms with van der Waals surface area (Å²) in [6, 6.07) is 12.4. The van der Waals surface area contributed by atoms with Crippen molar-refractivity contribution in [1.82, 2.24) is 9.80 Å². The molecule has 0 saturated carbocycles. The van der Waals surface area contributed by atoms with E-state index in [-0.39, 0.29) is 10.8 Å². The molecule has 0 spiro atoms. The number of nitrogens with one attached hydrogen (secondary N) is 1. The molecular weight excluding hydrogens is 386 g/mol. The van der Waals surface area contributed by atoms with E-state index >= 15 is 0 Å². The number of carbonyl (C=O) groups is 1. The Hall–Kier alpha value is -2.38. The van der Waals surface area contributed by atoms with Crippen LogP contribution in [0.25, 0.3) is 0 Å². The van der Waals surface area contributed by atoms with Gasteiger partial charge in [0.2, 0.25) is 0 Å². The van der Waals surface area contributed by atoms with Crippen molar-refractivity contribution in [3.8, 4) is 0 Å². The van der Waals surface area contributed by atoms with E-state index in [1.165, 1.54) is 0 Å². The molecule has 2 aromatic rings. The van der Waals surface area contributed by atoms with E-state index in [1.807, 2.05) is 32.0 Å². The largest absolute Gasteiger partial charge is 0.337 e. The van der Waals surface area contributed by atoms with E-state index in [1.54, 1.807) is 43.3 Å². The topological polar surface area (TPSA) is 69.7 Å². The number of benzene rings is 2. The second-order valence-electron chi connectivity index (χ2n) is 7.97. The van der Waals surface area contributed by atoms with E-state index in [9.17, 15) is 13.2 Å². The van der Waals surface area contributed by atoms with Gasteiger partial charge >= 0.3 is 0 Å². The summed E-state index contributed by atoms with van der Waals surface area (Å²) in [6.07, 6.45) is 2.04. The van der Waals surface area contributed by atoms with Gasteiger partial charge in [-0.15, -0.1) is 0 Å². The maximum absolute atomic E-state index is 13.0. The van der Waals surface area contributed by atoms with Crippen LogP contribution in [-0.2, 0) is 10.0 Å². The number of anilines is 1. The van der Waals surface area contributed by atoms with Gasteiger partial charge in [0.05, 0.1) is 4.90 Å². The zero-order valence-corrected chi connectivity index (χ0v) is 18.3. The maximum atomic E-state index is 13.0. The van der Waals surface area contributed by atoms with Gasteiger partial charge in [0.1, 0.15) is 0 Å². The number of likely N-dealkylation sites (N-methyl/N-ethyl adjacent to an activating group) is 1. The minimum atomic E-state index is -3.74. The fourth-order valence-corrected chi connectivity index (χ4v) is 5.05. The highest BCUT2D eigenvalue weighted by Gasteiger charge is 2.26. The van der Waals surface area contributed by atoms with E-state index in [0.717, 1.165) is 24.9 Å². The number of nitrogens with zero attached hydrogens (tertiary/aromatic N) is 2. The molecule has 1 amide bonds. The van der Waals surface area contributed by atoms with Crippen LogP contribution in [0.3, 0.4) is 0 Å². The van der Waals surface area contributed by atoms with Crippen molar-refractivity contribution in [2.45, 2.75) is 37.6 Å². The molecular formula is C22H29N3O3S. The number of rotatable bonds is 5. The molecule has 156 valence electrons. The molecule has 1 fully saturated rings. The molecule has 7 heteroatoms. The van der Waals surface area contributed by atoms with Gasteiger partial charge in [-0.05, 0) is 76.2 Å². The average Bonchev–Trinajstić information content (AvgIpc) is 2.69. The second-order valence-corrected chi connectivity index (χ2v) is 9.62. The van der Waals surface area contributed by atoms with Crippen LogP contribution in [0.15, 0.2) is 47.4 Å². The summed E-state index contributed by atoms with van der Waals surface area (Å²) in [7, 11) is 0.323. The van der Waals surface area contributed by atoms with E-state index in [2.05, 4.69) is 9.62 Å². The van der Waals surface area contributed by atoms with Crippen LogP contribution in [-0.4, -0.2) is 57.4 Å². The quantitative estimate of drug-likeness (QED) is 0.814. The fourth-order valence-electron chi connectivity index (χ4n) is 3.67. The maximum Gasteiger partial charge on any atom is 0.262 e. The molecule has 0 bridgehead atoms. The molecule has 1 aliphatic rings. The molecule has 1 saturated heterocycles. The molecule has 1 aliphatic heterocycles. The molecule has 1 N–H and O–H groups in total. The first kappa shape index (κ1) is 21.3. The summed E-state index contributed by atoms with van der Waals surface area (Å²) in [5.41, 5.74) is 2.43. The van der Waals surface area contributed by atoms with Crippen molar-refractivity contribution in [2.75, 3.05) is 31.9 Å². The number of likely N-dealkylation sites (tertiary alicyclic amines) is 1. The molecule has 0 radical (unpaired) electrons. The van der Waals surface area contributed by atoms with Gasteiger partial charge in [-0.2, -0.15) is 0 Å². The third-order valence-corrected chi connectivity index (χ3v) is 6.93. The van der Waals surface area contributed by atoms with Crippen molar-refractivity contribution in [3.63, 3.8) is 0 Å². The summed E-state index contributed by atoms with van der Waals surface area (Å²) < 4.78 is 28.3. The number of amides is 1. The molecule has 6 nitrogen and oxygen atoms in total. The van der Waals surface area contributed by atoms with Gasteiger partial charge < -0.3 is 9.80 Å². The van der Waals surface area contributed by atoms with E-state index in [4.69, 9.17) is 0 Å². The Morgan fingerprint density at radius 1 is 1.14 bits per heavy atom. The number of hydrogen-bond acceptors (Lipinski definition) is 4. The average molecular weight is 416 g/mol. The van der Waals surface area contributed by atoms with Gasteiger partial charge in [-0.25, -0.2) is 8.42 Å². The minimum Gasteiger partial charge on any atom is -0.337 e. The Morgan fingerprint density at radius 2 is 1.90 bits per heavy atom. The predicted octanol–water partition coefficient (Wildman–Crippen LogP) is 3.27. The lowest BCUT2D eigenvalue weighted by molar-refractivity contribution is 0.0635. The predicted molar refractivity (Wildman–Crippen MR) is 116 cm³/mol. The molecule has 29 heavy (non-hydrogen) atoms. The van der Waals surface area contributed by atoms with Crippen molar-refractivity contribution >= 4 is 21.6 Å². The van der Waals surface area contributed by atoms with Gasteiger partial charge in [-0.3, -0.25) is 9.52 Å². The lowest BCUT2D eigenvalue weighted by atomic mass is 10.0. The van der Waals surface area contributed by atoms with Gasteiger partial charge in [0.15, 0.2) is 0 Å². The lowest BCUT2D eigenvalue weighted by Crippen LogP contribution is -2.47. The zero-order chi connectivity index (χ0) is 21.2. The van der Waals surface area contributed by atoms with Crippen molar-refractivity contribution in [3.05, 3.63) is 59.2 Å². The van der Waals surface area contributed by atoms with Crippen molar-refractivity contribution in [2.24, 2.45) is 0 Å². The third kappa shape index (κ3) is 4.97. The first-order chi connectivity index (χ1) is 13.7. The molecule has 1 unspecified atom stereocenters. The van der Waals surface area contributed by atoms with Gasteiger partial charge in [0, 0.05) is 30.4 Å². The molecule has 1 atom stereocenters. The summed E-state index contributed by atoms with van der Waals surface area (Å²) in [5, 5.41) is 0. The highest BCUT2D eigenvalue weighted by atomic mass is 32.2. The molecule has 3 rings (SSSR count). The molecule has 0 aliphatic carbocycles. The van der Waals surface area contributed by atoms with Crippen LogP contribution in [0.5, 0.6) is 0 Å². The summed E-state index contributed by atoms with van der Waals surface area (Å²) in [4.78, 5) is 17.2. The Morgan fingerprint density at radius 3 is 2.62 bits per heavy atom. The van der Waals surface area contributed by atoms with Crippen LogP contribution < -0.4 is 4.72 Å². The van der Waals surface area contributed by atoms with E-state index in [0.29, 0.717) is 29.4 Å². The molecule has 2 aromatic carbocycles. The summed E-state index contributed by atoms with van der Waals surface area (Å²) in [5.74, 6) is -0.0654. The second kappa shape index (κ2) is 8.55. The minimum absolute atomic E-state index is 0.0654. The van der Waals surface area contributed by atoms with E-state index < -0.39 is 10.0 Å². The first-order valence-electron chi connectivity index (χ1n) is 9.83. The van der Waals surface area contributed by atoms with Crippen LogP contribution in [0.4, 0.5) is 5.69 Å². The Labute approximate surface area is 173 Å².